The Bertz CT molecular complexity index is 1130. The number of halogens is 3. The highest BCUT2D eigenvalue weighted by Crippen LogP contribution is 2.36. The number of benzene rings is 2. The molecule has 1 saturated heterocycles. The minimum atomic E-state index is -4.65. The average Bonchev–Trinajstić information content (AvgIpc) is 3.32. The van der Waals surface area contributed by atoms with Gasteiger partial charge in [0.25, 0.3) is 11.8 Å². The number of alkyl halides is 3. The number of carbonyl (C=O) groups is 2. The Morgan fingerprint density at radius 3 is 2.72 bits per heavy atom. The van der Waals surface area contributed by atoms with Crippen molar-refractivity contribution in [2.24, 2.45) is 0 Å². The highest BCUT2D eigenvalue weighted by molar-refractivity contribution is 8.26. The van der Waals surface area contributed by atoms with Crippen LogP contribution in [-0.4, -0.2) is 40.9 Å². The molecule has 0 aromatic heterocycles. The molecule has 1 fully saturated rings. The normalized spacial score (nSPS) is 16.7. The standard InChI is InChI=1S/C21H15F3N2O4S2/c22-21(23,24)14-4-2-1-3-13(14)18(27)25-7-8-26-19(28)17(32-20(26)31)10-12-5-6-15-16(9-12)30-11-29-15/h1-6,9-10H,7-8,11H2,(H,25,27). The van der Waals surface area contributed by atoms with Gasteiger partial charge in [0.05, 0.1) is 16.0 Å². The van der Waals surface area contributed by atoms with E-state index in [1.54, 1.807) is 24.3 Å². The molecule has 2 aromatic rings. The maximum atomic E-state index is 13.1. The van der Waals surface area contributed by atoms with E-state index in [0.717, 1.165) is 29.5 Å². The Morgan fingerprint density at radius 1 is 1.19 bits per heavy atom. The Balaban J connectivity index is 1.39. The van der Waals surface area contributed by atoms with Crippen molar-refractivity contribution in [3.05, 3.63) is 64.1 Å². The number of thiocarbonyl (C=S) groups is 1. The van der Waals surface area contributed by atoms with Gasteiger partial charge in [-0.15, -0.1) is 0 Å². The molecule has 0 radical (unpaired) electrons. The molecular formula is C21H15F3N2O4S2. The van der Waals surface area contributed by atoms with Crippen molar-refractivity contribution in [3.63, 3.8) is 0 Å². The van der Waals surface area contributed by atoms with Crippen LogP contribution in [0.4, 0.5) is 13.2 Å². The molecule has 4 rings (SSSR count). The molecule has 2 heterocycles. The monoisotopic (exact) mass is 480 g/mol. The molecule has 2 aliphatic rings. The number of hydrogen-bond acceptors (Lipinski definition) is 6. The number of hydrogen-bond donors (Lipinski definition) is 1. The maximum absolute atomic E-state index is 13.1. The summed E-state index contributed by atoms with van der Waals surface area (Å²) in [5.74, 6) is -0.0181. The van der Waals surface area contributed by atoms with Gasteiger partial charge in [-0.05, 0) is 35.9 Å². The van der Waals surface area contributed by atoms with Crippen molar-refractivity contribution in [1.29, 1.82) is 0 Å². The van der Waals surface area contributed by atoms with E-state index in [4.69, 9.17) is 21.7 Å². The number of ether oxygens (including phenoxy) is 2. The Morgan fingerprint density at radius 2 is 1.94 bits per heavy atom. The van der Waals surface area contributed by atoms with Gasteiger partial charge in [0.1, 0.15) is 4.32 Å². The molecule has 11 heteroatoms. The fourth-order valence-corrected chi connectivity index (χ4v) is 4.46. The predicted octanol–water partition coefficient (Wildman–Crippen LogP) is 4.07. The number of amides is 2. The highest BCUT2D eigenvalue weighted by atomic mass is 32.2. The molecule has 1 N–H and O–H groups in total. The van der Waals surface area contributed by atoms with E-state index in [1.165, 1.54) is 17.0 Å². The third kappa shape index (κ3) is 4.58. The van der Waals surface area contributed by atoms with E-state index in [9.17, 15) is 22.8 Å². The number of thioether (sulfide) groups is 1. The first-order valence-corrected chi connectivity index (χ1v) is 10.6. The topological polar surface area (TPSA) is 67.9 Å². The van der Waals surface area contributed by atoms with Crippen LogP contribution in [0, 0.1) is 0 Å². The van der Waals surface area contributed by atoms with Crippen molar-refractivity contribution in [1.82, 2.24) is 10.2 Å². The Kier molecular flexibility index (Phi) is 6.11. The van der Waals surface area contributed by atoms with Crippen LogP contribution in [0.3, 0.4) is 0 Å². The summed E-state index contributed by atoms with van der Waals surface area (Å²) in [6.45, 7) is 0.109. The molecule has 0 unspecified atom stereocenters. The zero-order valence-corrected chi connectivity index (χ0v) is 17.9. The molecule has 6 nitrogen and oxygen atoms in total. The first-order valence-electron chi connectivity index (χ1n) is 9.33. The number of fused-ring (bicyclic) bond motifs is 1. The van der Waals surface area contributed by atoms with Crippen LogP contribution in [0.5, 0.6) is 11.5 Å². The molecule has 2 aromatic carbocycles. The summed E-state index contributed by atoms with van der Waals surface area (Å²) in [5, 5.41) is 2.42. The van der Waals surface area contributed by atoms with Gasteiger partial charge in [-0.25, -0.2) is 0 Å². The molecule has 32 heavy (non-hydrogen) atoms. The van der Waals surface area contributed by atoms with E-state index in [1.807, 2.05) is 0 Å². The fraction of sp³-hybridized carbons (Fsp3) is 0.190. The zero-order valence-electron chi connectivity index (χ0n) is 16.3. The molecule has 166 valence electrons. The largest absolute Gasteiger partial charge is 0.454 e. The first-order chi connectivity index (χ1) is 15.2. The van der Waals surface area contributed by atoms with Crippen molar-refractivity contribution < 1.29 is 32.2 Å². The lowest BCUT2D eigenvalue weighted by molar-refractivity contribution is -0.138. The van der Waals surface area contributed by atoms with E-state index >= 15 is 0 Å². The zero-order chi connectivity index (χ0) is 22.9. The van der Waals surface area contributed by atoms with Crippen LogP contribution < -0.4 is 14.8 Å². The smallest absolute Gasteiger partial charge is 0.417 e. The lowest BCUT2D eigenvalue weighted by Gasteiger charge is -2.16. The van der Waals surface area contributed by atoms with Crippen molar-refractivity contribution in [2.75, 3.05) is 19.9 Å². The second-order valence-corrected chi connectivity index (χ2v) is 8.42. The summed E-state index contributed by atoms with van der Waals surface area (Å²) in [4.78, 5) is 26.7. The van der Waals surface area contributed by atoms with Gasteiger partial charge in [0, 0.05) is 13.1 Å². The van der Waals surface area contributed by atoms with Gasteiger partial charge in [-0.2, -0.15) is 13.2 Å². The third-order valence-electron chi connectivity index (χ3n) is 4.67. The van der Waals surface area contributed by atoms with Gasteiger partial charge in [0.2, 0.25) is 6.79 Å². The molecule has 2 aliphatic heterocycles. The molecule has 0 bridgehead atoms. The Hall–Kier alpha value is -3.05. The van der Waals surface area contributed by atoms with Crippen LogP contribution in [0.15, 0.2) is 47.4 Å². The number of rotatable bonds is 5. The van der Waals surface area contributed by atoms with Crippen LogP contribution >= 0.6 is 24.0 Å². The first kappa shape index (κ1) is 22.2. The van der Waals surface area contributed by atoms with Crippen molar-refractivity contribution >= 4 is 46.2 Å². The quantitative estimate of drug-likeness (QED) is 0.514. The lowest BCUT2D eigenvalue weighted by Crippen LogP contribution is -2.37. The van der Waals surface area contributed by atoms with E-state index in [0.29, 0.717) is 20.7 Å². The average molecular weight is 480 g/mol. The summed E-state index contributed by atoms with van der Waals surface area (Å²) < 4.78 is 50.2. The highest BCUT2D eigenvalue weighted by Gasteiger charge is 2.35. The Labute approximate surface area is 190 Å². The van der Waals surface area contributed by atoms with Gasteiger partial charge in [-0.3, -0.25) is 14.5 Å². The van der Waals surface area contributed by atoms with E-state index < -0.39 is 23.2 Å². The predicted molar refractivity (Wildman–Crippen MR) is 116 cm³/mol. The number of carbonyl (C=O) groups excluding carboxylic acids is 2. The minimum Gasteiger partial charge on any atom is -0.454 e. The fourth-order valence-electron chi connectivity index (χ4n) is 3.15. The van der Waals surface area contributed by atoms with Gasteiger partial charge < -0.3 is 14.8 Å². The van der Waals surface area contributed by atoms with Gasteiger partial charge in [0.15, 0.2) is 11.5 Å². The lowest BCUT2D eigenvalue weighted by atomic mass is 10.1. The molecule has 0 atom stereocenters. The maximum Gasteiger partial charge on any atom is 0.417 e. The van der Waals surface area contributed by atoms with Gasteiger partial charge >= 0.3 is 6.18 Å². The van der Waals surface area contributed by atoms with Crippen LogP contribution in [-0.2, 0) is 11.0 Å². The van der Waals surface area contributed by atoms with Crippen LogP contribution in [0.1, 0.15) is 21.5 Å². The second-order valence-electron chi connectivity index (χ2n) is 6.75. The summed E-state index contributed by atoms with van der Waals surface area (Å²) in [6, 6.07) is 9.78. The molecule has 0 spiro atoms. The number of nitrogens with one attached hydrogen (secondary N) is 1. The van der Waals surface area contributed by atoms with Gasteiger partial charge in [-0.1, -0.05) is 42.2 Å². The SMILES string of the molecule is O=C(NCCN1C(=O)C(=Cc2ccc3c(c2)OCO3)SC1=S)c1ccccc1C(F)(F)F. The minimum absolute atomic E-state index is 0.0308. The number of nitrogens with zero attached hydrogens (tertiary/aromatic N) is 1. The second kappa shape index (κ2) is 8.83. The summed E-state index contributed by atoms with van der Waals surface area (Å²) >= 11 is 6.36. The van der Waals surface area contributed by atoms with Crippen molar-refractivity contribution in [3.8, 4) is 11.5 Å². The van der Waals surface area contributed by atoms with Crippen LogP contribution in [0.25, 0.3) is 6.08 Å². The van der Waals surface area contributed by atoms with E-state index in [2.05, 4.69) is 5.32 Å². The summed E-state index contributed by atoms with van der Waals surface area (Å²) in [6.07, 6.45) is -2.98. The van der Waals surface area contributed by atoms with Crippen LogP contribution in [0.2, 0.25) is 0 Å². The molecule has 0 aliphatic carbocycles. The molecular weight excluding hydrogens is 465 g/mol. The van der Waals surface area contributed by atoms with Crippen molar-refractivity contribution in [2.45, 2.75) is 6.18 Å². The molecule has 0 saturated carbocycles. The summed E-state index contributed by atoms with van der Waals surface area (Å²) in [7, 11) is 0. The summed E-state index contributed by atoms with van der Waals surface area (Å²) in [5.41, 5.74) is -0.769. The third-order valence-corrected chi connectivity index (χ3v) is 6.04. The molecule has 2 amide bonds. The van der Waals surface area contributed by atoms with E-state index in [-0.39, 0.29) is 25.8 Å².